The summed E-state index contributed by atoms with van der Waals surface area (Å²) >= 11 is 0. The molecule has 0 radical (unpaired) electrons. The molecule has 8 heteroatoms. The molecule has 7 nitrogen and oxygen atoms in total. The number of hydrogen-bond donors (Lipinski definition) is 2. The molecule has 206 valence electrons. The van der Waals surface area contributed by atoms with Crippen molar-refractivity contribution < 1.29 is 28.3 Å². The number of phosphoric acid groups is 1. The van der Waals surface area contributed by atoms with E-state index in [1.807, 2.05) is 6.07 Å². The van der Waals surface area contributed by atoms with Gasteiger partial charge < -0.3 is 19.3 Å². The fourth-order valence-corrected chi connectivity index (χ4v) is 4.46. The predicted octanol–water partition coefficient (Wildman–Crippen LogP) is 7.69. The van der Waals surface area contributed by atoms with Crippen LogP contribution in [-0.2, 0) is 13.8 Å². The van der Waals surface area contributed by atoms with Crippen LogP contribution in [0.3, 0.4) is 0 Å². The summed E-state index contributed by atoms with van der Waals surface area (Å²) in [6.45, 7) is 2.67. The Labute approximate surface area is 218 Å². The summed E-state index contributed by atoms with van der Waals surface area (Å²) in [6.07, 6.45) is 20.3. The second-order valence-corrected chi connectivity index (χ2v) is 10.8. The Morgan fingerprint density at radius 3 is 1.86 bits per heavy atom. The van der Waals surface area contributed by atoms with Gasteiger partial charge in [0.1, 0.15) is 11.9 Å². The van der Waals surface area contributed by atoms with Crippen molar-refractivity contribution in [3.05, 3.63) is 29.8 Å². The summed E-state index contributed by atoms with van der Waals surface area (Å²) in [6, 6.07) is 8.63. The van der Waals surface area contributed by atoms with Gasteiger partial charge in [0, 0.05) is 6.61 Å². The first kappa shape index (κ1) is 32.6. The Balaban J connectivity index is 2.04. The minimum Gasteiger partial charge on any atom is -0.486 e. The first-order valence-electron chi connectivity index (χ1n) is 13.9. The van der Waals surface area contributed by atoms with E-state index in [1.54, 1.807) is 24.3 Å². The van der Waals surface area contributed by atoms with E-state index in [0.717, 1.165) is 12.8 Å². The molecule has 1 aromatic carbocycles. The molecule has 0 spiro atoms. The molecule has 0 aliphatic rings. The third kappa shape index (κ3) is 19.7. The maximum Gasteiger partial charge on any atom is 0.469 e. The van der Waals surface area contributed by atoms with Crippen LogP contribution in [0.15, 0.2) is 24.3 Å². The summed E-state index contributed by atoms with van der Waals surface area (Å²) in [7, 11) is -4.61. The largest absolute Gasteiger partial charge is 0.486 e. The number of benzene rings is 1. The zero-order valence-electron chi connectivity index (χ0n) is 22.2. The molecular weight excluding hydrogens is 477 g/mol. The summed E-state index contributed by atoms with van der Waals surface area (Å²) in [5, 5.41) is 9.02. The standard InChI is InChI=1S/C28H48NO6P/c1-2-3-4-5-6-7-8-9-10-11-12-13-14-15-16-17-21-33-24-28(25-34-36(30,31)32)35-27-20-18-19-26(22-27)23-29/h18-20,22,28H,2-17,21,24-25H2,1H3,(H2,30,31,32). The minimum absolute atomic E-state index is 0.148. The van der Waals surface area contributed by atoms with Crippen LogP contribution in [0.25, 0.3) is 0 Å². The molecule has 0 aliphatic carbocycles. The van der Waals surface area contributed by atoms with E-state index in [0.29, 0.717) is 17.9 Å². The first-order valence-corrected chi connectivity index (χ1v) is 15.4. The van der Waals surface area contributed by atoms with Crippen LogP contribution < -0.4 is 4.74 Å². The van der Waals surface area contributed by atoms with Crippen LogP contribution in [0.4, 0.5) is 0 Å². The van der Waals surface area contributed by atoms with Crippen LogP contribution in [-0.4, -0.2) is 35.7 Å². The molecule has 0 aliphatic heterocycles. The quantitative estimate of drug-likeness (QED) is 0.105. The average molecular weight is 526 g/mol. The second kappa shape index (κ2) is 21.6. The molecule has 1 aromatic rings. The maximum atomic E-state index is 11.1. The lowest BCUT2D eigenvalue weighted by Crippen LogP contribution is -2.28. The van der Waals surface area contributed by atoms with E-state index in [-0.39, 0.29) is 13.2 Å². The van der Waals surface area contributed by atoms with Gasteiger partial charge in [0.05, 0.1) is 24.8 Å². The van der Waals surface area contributed by atoms with E-state index in [9.17, 15) is 4.57 Å². The summed E-state index contributed by atoms with van der Waals surface area (Å²) < 4.78 is 27.1. The molecule has 0 saturated carbocycles. The molecule has 0 amide bonds. The van der Waals surface area contributed by atoms with Crippen molar-refractivity contribution in [2.24, 2.45) is 0 Å². The summed E-state index contributed by atoms with van der Waals surface area (Å²) in [5.74, 6) is 0.430. The number of phosphoric ester groups is 1. The Morgan fingerprint density at radius 1 is 0.833 bits per heavy atom. The minimum atomic E-state index is -4.61. The fraction of sp³-hybridized carbons (Fsp3) is 0.750. The van der Waals surface area contributed by atoms with Crippen molar-refractivity contribution in [1.29, 1.82) is 5.26 Å². The van der Waals surface area contributed by atoms with Crippen molar-refractivity contribution in [2.45, 2.75) is 116 Å². The monoisotopic (exact) mass is 525 g/mol. The van der Waals surface area contributed by atoms with Crippen LogP contribution in [0.2, 0.25) is 0 Å². The molecule has 0 aromatic heterocycles. The molecule has 2 N–H and O–H groups in total. The Bertz CT molecular complexity index is 748. The van der Waals surface area contributed by atoms with Gasteiger partial charge in [-0.1, -0.05) is 109 Å². The van der Waals surface area contributed by atoms with Crippen LogP contribution >= 0.6 is 7.82 Å². The SMILES string of the molecule is CCCCCCCCCCCCCCCCCCOCC(COP(=O)(O)O)Oc1cccc(C#N)c1. The lowest BCUT2D eigenvalue weighted by Gasteiger charge is -2.19. The lowest BCUT2D eigenvalue weighted by molar-refractivity contribution is 0.0179. The number of ether oxygens (including phenoxy) is 2. The van der Waals surface area contributed by atoms with Crippen molar-refractivity contribution in [3.8, 4) is 11.8 Å². The van der Waals surface area contributed by atoms with Crippen LogP contribution in [0, 0.1) is 11.3 Å². The molecule has 1 rings (SSSR count). The first-order chi connectivity index (χ1) is 17.4. The van der Waals surface area contributed by atoms with E-state index in [2.05, 4.69) is 11.4 Å². The van der Waals surface area contributed by atoms with Gasteiger partial charge in [0.15, 0.2) is 0 Å². The highest BCUT2D eigenvalue weighted by Gasteiger charge is 2.20. The maximum absolute atomic E-state index is 11.1. The van der Waals surface area contributed by atoms with E-state index < -0.39 is 13.9 Å². The molecule has 0 saturated heterocycles. The Hall–Kier alpha value is -1.42. The molecular formula is C28H48NO6P. The Morgan fingerprint density at radius 2 is 1.36 bits per heavy atom. The van der Waals surface area contributed by atoms with Gasteiger partial charge in [0.25, 0.3) is 0 Å². The van der Waals surface area contributed by atoms with Gasteiger partial charge in [-0.2, -0.15) is 5.26 Å². The predicted molar refractivity (Wildman–Crippen MR) is 144 cm³/mol. The fourth-order valence-electron chi connectivity index (χ4n) is 4.09. The summed E-state index contributed by atoms with van der Waals surface area (Å²) in [4.78, 5) is 18.0. The third-order valence-electron chi connectivity index (χ3n) is 6.14. The zero-order valence-corrected chi connectivity index (χ0v) is 23.1. The van der Waals surface area contributed by atoms with Crippen molar-refractivity contribution >= 4 is 7.82 Å². The molecule has 1 atom stereocenters. The number of nitrogens with zero attached hydrogens (tertiary/aromatic N) is 1. The van der Waals surface area contributed by atoms with Gasteiger partial charge in [-0.15, -0.1) is 0 Å². The molecule has 1 unspecified atom stereocenters. The highest BCUT2D eigenvalue weighted by atomic mass is 31.2. The van der Waals surface area contributed by atoms with E-state index >= 15 is 0 Å². The normalized spacial score (nSPS) is 12.4. The van der Waals surface area contributed by atoms with Crippen molar-refractivity contribution in [2.75, 3.05) is 19.8 Å². The number of unbranched alkanes of at least 4 members (excludes halogenated alkanes) is 15. The second-order valence-electron chi connectivity index (χ2n) is 9.54. The molecule has 0 fully saturated rings. The Kier molecular flexibility index (Phi) is 19.6. The molecule has 0 bridgehead atoms. The number of rotatable bonds is 24. The van der Waals surface area contributed by atoms with Crippen LogP contribution in [0.5, 0.6) is 5.75 Å². The van der Waals surface area contributed by atoms with Crippen LogP contribution in [0.1, 0.15) is 115 Å². The van der Waals surface area contributed by atoms with Gasteiger partial charge >= 0.3 is 7.82 Å². The van der Waals surface area contributed by atoms with Gasteiger partial charge in [-0.05, 0) is 24.6 Å². The summed E-state index contributed by atoms with van der Waals surface area (Å²) in [5.41, 5.74) is 0.441. The third-order valence-corrected chi connectivity index (χ3v) is 6.63. The molecule has 36 heavy (non-hydrogen) atoms. The van der Waals surface area contributed by atoms with Crippen molar-refractivity contribution in [1.82, 2.24) is 0 Å². The van der Waals surface area contributed by atoms with Crippen molar-refractivity contribution in [3.63, 3.8) is 0 Å². The van der Waals surface area contributed by atoms with E-state index in [4.69, 9.17) is 24.5 Å². The lowest BCUT2D eigenvalue weighted by atomic mass is 10.0. The molecule has 0 heterocycles. The zero-order chi connectivity index (χ0) is 26.3. The number of hydrogen-bond acceptors (Lipinski definition) is 5. The van der Waals surface area contributed by atoms with Gasteiger partial charge in [-0.25, -0.2) is 4.57 Å². The smallest absolute Gasteiger partial charge is 0.469 e. The average Bonchev–Trinajstić information content (AvgIpc) is 2.86. The van der Waals surface area contributed by atoms with Gasteiger partial charge in [-0.3, -0.25) is 4.52 Å². The highest BCUT2D eigenvalue weighted by molar-refractivity contribution is 7.46. The number of nitriles is 1. The van der Waals surface area contributed by atoms with E-state index in [1.165, 1.54) is 89.9 Å². The van der Waals surface area contributed by atoms with Gasteiger partial charge in [0.2, 0.25) is 0 Å². The topological polar surface area (TPSA) is 109 Å². The highest BCUT2D eigenvalue weighted by Crippen LogP contribution is 2.36.